The summed E-state index contributed by atoms with van der Waals surface area (Å²) in [7, 11) is -3.73. The van der Waals surface area contributed by atoms with Crippen LogP contribution in [0.25, 0.3) is 0 Å². The number of nitrogens with zero attached hydrogens (tertiary/aromatic N) is 1. The summed E-state index contributed by atoms with van der Waals surface area (Å²) >= 11 is 0. The number of hydrogen-bond acceptors (Lipinski definition) is 4. The van der Waals surface area contributed by atoms with E-state index >= 15 is 0 Å². The lowest BCUT2D eigenvalue weighted by molar-refractivity contribution is 0.224. The molecule has 0 atom stereocenters. The molecular formula is C4H13N3O3S. The summed E-state index contributed by atoms with van der Waals surface area (Å²) in [5.74, 6) is 0. The van der Waals surface area contributed by atoms with Crippen molar-refractivity contribution in [3.8, 4) is 0 Å². The molecule has 0 saturated carbocycles. The van der Waals surface area contributed by atoms with Crippen molar-refractivity contribution in [2.45, 2.75) is 6.92 Å². The van der Waals surface area contributed by atoms with Crippen LogP contribution in [0.1, 0.15) is 6.92 Å². The molecule has 0 aromatic carbocycles. The van der Waals surface area contributed by atoms with Gasteiger partial charge in [-0.15, -0.1) is 4.41 Å². The molecular weight excluding hydrogens is 170 g/mol. The van der Waals surface area contributed by atoms with Crippen molar-refractivity contribution < 1.29 is 13.5 Å². The first-order valence-electron chi connectivity index (χ1n) is 3.17. The zero-order valence-corrected chi connectivity index (χ0v) is 7.13. The molecule has 0 rings (SSSR count). The molecule has 0 amide bonds. The number of nitrogens with one attached hydrogen (secondary N) is 1. The van der Waals surface area contributed by atoms with Crippen LogP contribution < -0.4 is 10.6 Å². The lowest BCUT2D eigenvalue weighted by Crippen LogP contribution is -2.47. The Morgan fingerprint density at radius 2 is 2.18 bits per heavy atom. The lowest BCUT2D eigenvalue weighted by atomic mass is 10.7. The van der Waals surface area contributed by atoms with Crippen LogP contribution in [-0.4, -0.2) is 37.6 Å². The minimum atomic E-state index is -3.73. The molecule has 0 aromatic rings. The van der Waals surface area contributed by atoms with Gasteiger partial charge in [0.2, 0.25) is 0 Å². The Morgan fingerprint density at radius 1 is 1.64 bits per heavy atom. The molecule has 0 radical (unpaired) electrons. The molecule has 6 nitrogen and oxygen atoms in total. The smallest absolute Gasteiger partial charge is 0.289 e. The van der Waals surface area contributed by atoms with Gasteiger partial charge in [-0.25, -0.2) is 10.6 Å². The first kappa shape index (κ1) is 10.8. The summed E-state index contributed by atoms with van der Waals surface area (Å²) in [6.07, 6.45) is 0. The van der Waals surface area contributed by atoms with Gasteiger partial charge in [-0.3, -0.25) is 0 Å². The average molecular weight is 183 g/mol. The minimum absolute atomic E-state index is 0.0350. The maximum Gasteiger partial charge on any atom is 0.289 e. The van der Waals surface area contributed by atoms with Crippen molar-refractivity contribution in [2.75, 3.05) is 19.7 Å². The van der Waals surface area contributed by atoms with E-state index < -0.39 is 10.2 Å². The first-order valence-corrected chi connectivity index (χ1v) is 4.67. The molecule has 0 heterocycles. The Morgan fingerprint density at radius 3 is 2.45 bits per heavy atom. The first-order chi connectivity index (χ1) is 5.02. The van der Waals surface area contributed by atoms with E-state index in [9.17, 15) is 8.42 Å². The van der Waals surface area contributed by atoms with Gasteiger partial charge in [-0.1, -0.05) is 6.92 Å². The van der Waals surface area contributed by atoms with Gasteiger partial charge in [-0.2, -0.15) is 8.42 Å². The SMILES string of the molecule is CCNN(CCO)S(N)(=O)=O. The minimum Gasteiger partial charge on any atom is -0.395 e. The Labute approximate surface area is 66.1 Å². The van der Waals surface area contributed by atoms with Gasteiger partial charge in [0.15, 0.2) is 0 Å². The van der Waals surface area contributed by atoms with Gasteiger partial charge in [0, 0.05) is 6.54 Å². The van der Waals surface area contributed by atoms with Crippen LogP contribution in [0.5, 0.6) is 0 Å². The molecule has 0 aliphatic rings. The van der Waals surface area contributed by atoms with Crippen LogP contribution >= 0.6 is 0 Å². The topological polar surface area (TPSA) is 95.7 Å². The summed E-state index contributed by atoms with van der Waals surface area (Å²) in [5, 5.41) is 13.2. The van der Waals surface area contributed by atoms with Gasteiger partial charge in [0.05, 0.1) is 13.2 Å². The van der Waals surface area contributed by atoms with E-state index in [0.29, 0.717) is 6.54 Å². The van der Waals surface area contributed by atoms with E-state index in [1.165, 1.54) is 0 Å². The molecule has 7 heteroatoms. The van der Waals surface area contributed by atoms with E-state index in [-0.39, 0.29) is 13.2 Å². The van der Waals surface area contributed by atoms with E-state index in [1.807, 2.05) is 0 Å². The average Bonchev–Trinajstić information content (AvgIpc) is 1.85. The van der Waals surface area contributed by atoms with Crippen molar-refractivity contribution in [3.63, 3.8) is 0 Å². The summed E-state index contributed by atoms with van der Waals surface area (Å²) in [4.78, 5) is 0. The molecule has 0 saturated heterocycles. The largest absolute Gasteiger partial charge is 0.395 e. The second-order valence-electron chi connectivity index (χ2n) is 1.85. The fourth-order valence-electron chi connectivity index (χ4n) is 0.563. The number of hydrazine groups is 1. The van der Waals surface area contributed by atoms with Crippen LogP contribution in [0.15, 0.2) is 0 Å². The summed E-state index contributed by atoms with van der Waals surface area (Å²) in [6.45, 7) is 1.88. The quantitative estimate of drug-likeness (QED) is 0.430. The number of nitrogens with two attached hydrogens (primary N) is 1. The second kappa shape index (κ2) is 4.62. The van der Waals surface area contributed by atoms with Crippen molar-refractivity contribution >= 4 is 10.2 Å². The summed E-state index contributed by atoms with van der Waals surface area (Å²) in [5.41, 5.74) is 2.48. The van der Waals surface area contributed by atoms with E-state index in [1.54, 1.807) is 6.92 Å². The third-order valence-corrected chi connectivity index (χ3v) is 1.87. The highest BCUT2D eigenvalue weighted by molar-refractivity contribution is 7.86. The molecule has 4 N–H and O–H groups in total. The number of rotatable bonds is 5. The van der Waals surface area contributed by atoms with E-state index in [0.717, 1.165) is 4.41 Å². The lowest BCUT2D eigenvalue weighted by Gasteiger charge is -2.17. The maximum atomic E-state index is 10.6. The van der Waals surface area contributed by atoms with Gasteiger partial charge < -0.3 is 5.11 Å². The number of aliphatic hydroxyl groups is 1. The number of aliphatic hydroxyl groups excluding tert-OH is 1. The molecule has 0 aliphatic carbocycles. The zero-order chi connectivity index (χ0) is 8.91. The fourth-order valence-corrected chi connectivity index (χ4v) is 1.21. The van der Waals surface area contributed by atoms with Crippen molar-refractivity contribution in [1.82, 2.24) is 9.84 Å². The zero-order valence-electron chi connectivity index (χ0n) is 6.32. The highest BCUT2D eigenvalue weighted by atomic mass is 32.2. The second-order valence-corrected chi connectivity index (χ2v) is 3.32. The van der Waals surface area contributed by atoms with Gasteiger partial charge >= 0.3 is 0 Å². The van der Waals surface area contributed by atoms with Gasteiger partial charge in [-0.05, 0) is 0 Å². The Hall–Kier alpha value is -0.210. The highest BCUT2D eigenvalue weighted by Gasteiger charge is 2.14. The molecule has 0 fully saturated rings. The molecule has 0 aliphatic heterocycles. The number of hydrogen-bond donors (Lipinski definition) is 3. The van der Waals surface area contributed by atoms with Crippen molar-refractivity contribution in [2.24, 2.45) is 5.14 Å². The fraction of sp³-hybridized carbons (Fsp3) is 1.00. The Kier molecular flexibility index (Phi) is 4.54. The Bertz CT molecular complexity index is 185. The van der Waals surface area contributed by atoms with Crippen LogP contribution in [0.2, 0.25) is 0 Å². The molecule has 68 valence electrons. The van der Waals surface area contributed by atoms with Gasteiger partial charge in [0.25, 0.3) is 10.2 Å². The van der Waals surface area contributed by atoms with Crippen molar-refractivity contribution in [1.29, 1.82) is 0 Å². The molecule has 0 aromatic heterocycles. The molecule has 0 spiro atoms. The normalized spacial score (nSPS) is 12.4. The van der Waals surface area contributed by atoms with E-state index in [4.69, 9.17) is 10.2 Å². The third-order valence-electron chi connectivity index (χ3n) is 0.945. The highest BCUT2D eigenvalue weighted by Crippen LogP contribution is 1.86. The summed E-state index contributed by atoms with van der Waals surface area (Å²) in [6, 6.07) is 0. The van der Waals surface area contributed by atoms with Crippen LogP contribution in [0.4, 0.5) is 0 Å². The predicted octanol–water partition coefficient (Wildman–Crippen LogP) is -1.99. The standard InChI is InChI=1S/C4H13N3O3S/c1-2-6-7(3-4-8)11(5,9)10/h6,8H,2-4H2,1H3,(H2,5,9,10). The molecule has 0 unspecified atom stereocenters. The van der Waals surface area contributed by atoms with Crippen molar-refractivity contribution in [3.05, 3.63) is 0 Å². The Balaban J connectivity index is 4.11. The van der Waals surface area contributed by atoms with E-state index in [2.05, 4.69) is 5.43 Å². The maximum absolute atomic E-state index is 10.6. The van der Waals surface area contributed by atoms with Gasteiger partial charge in [0.1, 0.15) is 0 Å². The summed E-state index contributed by atoms with van der Waals surface area (Å²) < 4.78 is 22.1. The molecule has 0 bridgehead atoms. The third kappa shape index (κ3) is 4.27. The predicted molar refractivity (Wildman–Crippen MR) is 40.6 cm³/mol. The van der Waals surface area contributed by atoms with Crippen LogP contribution in [-0.2, 0) is 10.2 Å². The molecule has 11 heavy (non-hydrogen) atoms. The monoisotopic (exact) mass is 183 g/mol. The van der Waals surface area contributed by atoms with Crippen LogP contribution in [0.3, 0.4) is 0 Å². The van der Waals surface area contributed by atoms with Crippen LogP contribution in [0, 0.1) is 0 Å².